The van der Waals surface area contributed by atoms with E-state index in [1.807, 2.05) is 30.5 Å². The van der Waals surface area contributed by atoms with Crippen molar-refractivity contribution >= 4 is 5.82 Å². The lowest BCUT2D eigenvalue weighted by atomic mass is 10.2. The normalized spacial score (nSPS) is 15.8. The molecule has 3 rings (SSSR count). The van der Waals surface area contributed by atoms with Gasteiger partial charge in [-0.15, -0.1) is 0 Å². The van der Waals surface area contributed by atoms with Gasteiger partial charge >= 0.3 is 0 Å². The Balaban J connectivity index is 1.72. The lowest BCUT2D eigenvalue weighted by Crippen LogP contribution is -2.15. The lowest BCUT2D eigenvalue weighted by Gasteiger charge is -2.12. The molecule has 0 spiro atoms. The maximum Gasteiger partial charge on any atom is 0.126 e. The number of anilines is 1. The fourth-order valence-corrected chi connectivity index (χ4v) is 2.44. The summed E-state index contributed by atoms with van der Waals surface area (Å²) in [4.78, 5) is 8.79. The average molecular weight is 239 g/mol. The molecule has 3 nitrogen and oxygen atoms in total. The van der Waals surface area contributed by atoms with Crippen LogP contribution in [0.15, 0.2) is 42.7 Å². The highest BCUT2D eigenvalue weighted by Crippen LogP contribution is 2.22. The molecule has 2 aromatic rings. The summed E-state index contributed by atoms with van der Waals surface area (Å²) in [7, 11) is 0. The van der Waals surface area contributed by atoms with Crippen molar-refractivity contribution in [3.05, 3.63) is 42.7 Å². The molecule has 0 aliphatic heterocycles. The van der Waals surface area contributed by atoms with Gasteiger partial charge in [0, 0.05) is 24.0 Å². The van der Waals surface area contributed by atoms with Gasteiger partial charge < -0.3 is 5.32 Å². The van der Waals surface area contributed by atoms with E-state index in [0.717, 1.165) is 17.1 Å². The minimum atomic E-state index is 0.609. The molecule has 0 bridgehead atoms. The van der Waals surface area contributed by atoms with Crippen molar-refractivity contribution in [2.24, 2.45) is 0 Å². The van der Waals surface area contributed by atoms with Gasteiger partial charge in [0.15, 0.2) is 0 Å². The van der Waals surface area contributed by atoms with Gasteiger partial charge in [-0.1, -0.05) is 18.9 Å². The van der Waals surface area contributed by atoms with E-state index in [1.165, 1.54) is 25.7 Å². The summed E-state index contributed by atoms with van der Waals surface area (Å²) in [5, 5.41) is 3.49. The third-order valence-electron chi connectivity index (χ3n) is 3.43. The number of nitrogens with zero attached hydrogens (tertiary/aromatic N) is 2. The second-order valence-electron chi connectivity index (χ2n) is 4.77. The van der Waals surface area contributed by atoms with E-state index in [9.17, 15) is 0 Å². The highest BCUT2D eigenvalue weighted by molar-refractivity contribution is 5.59. The molecule has 1 N–H and O–H groups in total. The van der Waals surface area contributed by atoms with Crippen LogP contribution in [0.1, 0.15) is 25.7 Å². The Labute approximate surface area is 107 Å². The SMILES string of the molecule is c1ccc(-c2ccc(NC3CCCC3)nc2)nc1. The third kappa shape index (κ3) is 2.50. The van der Waals surface area contributed by atoms with Gasteiger partial charge in [0.25, 0.3) is 0 Å². The van der Waals surface area contributed by atoms with Crippen LogP contribution in [0.25, 0.3) is 11.3 Å². The van der Waals surface area contributed by atoms with Crippen LogP contribution in [0, 0.1) is 0 Å². The molecule has 92 valence electrons. The number of rotatable bonds is 3. The molecule has 2 aromatic heterocycles. The molecule has 0 saturated heterocycles. The Bertz CT molecular complexity index is 487. The van der Waals surface area contributed by atoms with Crippen LogP contribution in [0.4, 0.5) is 5.82 Å². The van der Waals surface area contributed by atoms with E-state index in [0.29, 0.717) is 6.04 Å². The van der Waals surface area contributed by atoms with Crippen molar-refractivity contribution in [1.82, 2.24) is 9.97 Å². The summed E-state index contributed by atoms with van der Waals surface area (Å²) in [6, 6.07) is 10.6. The van der Waals surface area contributed by atoms with Crippen molar-refractivity contribution in [1.29, 1.82) is 0 Å². The zero-order valence-corrected chi connectivity index (χ0v) is 10.3. The first-order chi connectivity index (χ1) is 8.92. The highest BCUT2D eigenvalue weighted by atomic mass is 15.0. The van der Waals surface area contributed by atoms with Crippen LogP contribution in [0.5, 0.6) is 0 Å². The maximum absolute atomic E-state index is 4.47. The van der Waals surface area contributed by atoms with E-state index in [-0.39, 0.29) is 0 Å². The molecular formula is C15H17N3. The predicted octanol–water partition coefficient (Wildman–Crippen LogP) is 3.50. The minimum Gasteiger partial charge on any atom is -0.367 e. The smallest absolute Gasteiger partial charge is 0.126 e. The Morgan fingerprint density at radius 1 is 1.00 bits per heavy atom. The van der Waals surface area contributed by atoms with Crippen molar-refractivity contribution in [2.75, 3.05) is 5.32 Å². The van der Waals surface area contributed by atoms with Crippen LogP contribution in [-0.2, 0) is 0 Å². The van der Waals surface area contributed by atoms with Crippen LogP contribution in [-0.4, -0.2) is 16.0 Å². The van der Waals surface area contributed by atoms with Crippen LogP contribution >= 0.6 is 0 Å². The Hall–Kier alpha value is -1.90. The van der Waals surface area contributed by atoms with E-state index in [2.05, 4.69) is 21.4 Å². The largest absolute Gasteiger partial charge is 0.367 e. The van der Waals surface area contributed by atoms with Gasteiger partial charge in [0.2, 0.25) is 0 Å². The Morgan fingerprint density at radius 2 is 1.89 bits per heavy atom. The quantitative estimate of drug-likeness (QED) is 0.890. The van der Waals surface area contributed by atoms with Gasteiger partial charge in [-0.2, -0.15) is 0 Å². The van der Waals surface area contributed by atoms with E-state index >= 15 is 0 Å². The van der Waals surface area contributed by atoms with E-state index in [4.69, 9.17) is 0 Å². The molecule has 0 radical (unpaired) electrons. The Kier molecular flexibility index (Phi) is 3.22. The molecule has 1 aliphatic carbocycles. The second kappa shape index (κ2) is 5.17. The standard InChI is InChI=1S/C15H17N3/c1-2-6-13(5-1)18-15-9-8-12(11-17-15)14-7-3-4-10-16-14/h3-4,7-11,13H,1-2,5-6H2,(H,17,18). The van der Waals surface area contributed by atoms with Crippen molar-refractivity contribution in [3.8, 4) is 11.3 Å². The van der Waals surface area contributed by atoms with Gasteiger partial charge in [0.05, 0.1) is 5.69 Å². The number of pyridine rings is 2. The van der Waals surface area contributed by atoms with Crippen molar-refractivity contribution in [3.63, 3.8) is 0 Å². The fraction of sp³-hybridized carbons (Fsp3) is 0.333. The summed E-state index contributed by atoms with van der Waals surface area (Å²) in [5.41, 5.74) is 2.03. The number of hydrogen-bond acceptors (Lipinski definition) is 3. The second-order valence-corrected chi connectivity index (χ2v) is 4.77. The van der Waals surface area contributed by atoms with Crippen LogP contribution in [0.2, 0.25) is 0 Å². The first kappa shape index (κ1) is 11.2. The fourth-order valence-electron chi connectivity index (χ4n) is 2.44. The zero-order chi connectivity index (χ0) is 12.2. The number of hydrogen-bond donors (Lipinski definition) is 1. The Morgan fingerprint density at radius 3 is 2.56 bits per heavy atom. The molecule has 0 unspecified atom stereocenters. The van der Waals surface area contributed by atoms with Gasteiger partial charge in [-0.3, -0.25) is 4.98 Å². The molecule has 0 amide bonds. The summed E-state index contributed by atoms with van der Waals surface area (Å²) in [6.07, 6.45) is 8.90. The molecule has 0 atom stereocenters. The van der Waals surface area contributed by atoms with Crippen molar-refractivity contribution in [2.45, 2.75) is 31.7 Å². The lowest BCUT2D eigenvalue weighted by molar-refractivity contribution is 0.750. The highest BCUT2D eigenvalue weighted by Gasteiger charge is 2.14. The topological polar surface area (TPSA) is 37.8 Å². The van der Waals surface area contributed by atoms with E-state index < -0.39 is 0 Å². The maximum atomic E-state index is 4.47. The zero-order valence-electron chi connectivity index (χ0n) is 10.3. The van der Waals surface area contributed by atoms with Crippen LogP contribution < -0.4 is 5.32 Å². The number of aromatic nitrogens is 2. The molecule has 1 fully saturated rings. The first-order valence-corrected chi connectivity index (χ1v) is 6.56. The summed E-state index contributed by atoms with van der Waals surface area (Å²) in [6.45, 7) is 0. The average Bonchev–Trinajstić information content (AvgIpc) is 2.94. The molecule has 2 heterocycles. The minimum absolute atomic E-state index is 0.609. The van der Waals surface area contributed by atoms with Gasteiger partial charge in [0.1, 0.15) is 5.82 Å². The monoisotopic (exact) mass is 239 g/mol. The van der Waals surface area contributed by atoms with Gasteiger partial charge in [-0.05, 0) is 37.1 Å². The van der Waals surface area contributed by atoms with Crippen molar-refractivity contribution < 1.29 is 0 Å². The molecular weight excluding hydrogens is 222 g/mol. The summed E-state index contributed by atoms with van der Waals surface area (Å²) >= 11 is 0. The number of nitrogens with one attached hydrogen (secondary N) is 1. The first-order valence-electron chi connectivity index (χ1n) is 6.56. The molecule has 3 heteroatoms. The molecule has 1 saturated carbocycles. The predicted molar refractivity (Wildman–Crippen MR) is 73.3 cm³/mol. The summed E-state index contributed by atoms with van der Waals surface area (Å²) < 4.78 is 0. The third-order valence-corrected chi connectivity index (χ3v) is 3.43. The molecule has 18 heavy (non-hydrogen) atoms. The molecule has 0 aromatic carbocycles. The molecule has 1 aliphatic rings. The van der Waals surface area contributed by atoms with Crippen LogP contribution in [0.3, 0.4) is 0 Å². The van der Waals surface area contributed by atoms with E-state index in [1.54, 1.807) is 6.20 Å². The summed E-state index contributed by atoms with van der Waals surface area (Å²) in [5.74, 6) is 0.974. The van der Waals surface area contributed by atoms with Gasteiger partial charge in [-0.25, -0.2) is 4.98 Å².